The third kappa shape index (κ3) is 3.65. The van der Waals surface area contributed by atoms with Crippen molar-refractivity contribution in [3.63, 3.8) is 0 Å². The third-order valence-corrected chi connectivity index (χ3v) is 5.99. The molecule has 1 fully saturated rings. The molecule has 162 valence electrons. The molecule has 1 saturated heterocycles. The van der Waals surface area contributed by atoms with Crippen molar-refractivity contribution in [2.45, 2.75) is 38.4 Å². The van der Waals surface area contributed by atoms with E-state index < -0.39 is 11.9 Å². The molecule has 1 aliphatic rings. The lowest BCUT2D eigenvalue weighted by atomic mass is 9.94. The van der Waals surface area contributed by atoms with Crippen LogP contribution < -0.4 is 0 Å². The normalized spacial score (nSPS) is 18.3. The molecule has 0 bridgehead atoms. The summed E-state index contributed by atoms with van der Waals surface area (Å²) < 4.78 is 54.9. The van der Waals surface area contributed by atoms with E-state index in [2.05, 4.69) is 25.0 Å². The SMILES string of the molecule is Cc1c(CN2CCCC(c3cc(C(F)(F)F)n4ncnc4n3)C2)[nH]c2ccc(F)cc12. The van der Waals surface area contributed by atoms with Crippen molar-refractivity contribution in [2.75, 3.05) is 13.1 Å². The minimum Gasteiger partial charge on any atom is -0.357 e. The van der Waals surface area contributed by atoms with Crippen molar-refractivity contribution in [1.29, 1.82) is 0 Å². The highest BCUT2D eigenvalue weighted by Crippen LogP contribution is 2.33. The lowest BCUT2D eigenvalue weighted by Crippen LogP contribution is -2.34. The van der Waals surface area contributed by atoms with Gasteiger partial charge in [0.25, 0.3) is 5.78 Å². The summed E-state index contributed by atoms with van der Waals surface area (Å²) in [5, 5.41) is 4.51. The zero-order chi connectivity index (χ0) is 21.8. The van der Waals surface area contributed by atoms with E-state index in [1.165, 1.54) is 12.1 Å². The number of alkyl halides is 3. The topological polar surface area (TPSA) is 62.1 Å². The quantitative estimate of drug-likeness (QED) is 0.486. The van der Waals surface area contributed by atoms with Crippen LogP contribution in [-0.2, 0) is 12.7 Å². The monoisotopic (exact) mass is 432 g/mol. The summed E-state index contributed by atoms with van der Waals surface area (Å²) in [4.78, 5) is 13.8. The number of likely N-dealkylation sites (tertiary alicyclic amines) is 1. The van der Waals surface area contributed by atoms with Gasteiger partial charge in [-0.15, -0.1) is 0 Å². The van der Waals surface area contributed by atoms with Gasteiger partial charge in [0.05, 0.1) is 5.69 Å². The lowest BCUT2D eigenvalue weighted by molar-refractivity contribution is -0.142. The van der Waals surface area contributed by atoms with E-state index in [0.717, 1.165) is 58.5 Å². The summed E-state index contributed by atoms with van der Waals surface area (Å²) in [5.74, 6) is -0.469. The number of aryl methyl sites for hydroxylation is 1. The van der Waals surface area contributed by atoms with Crippen LogP contribution in [0.4, 0.5) is 17.6 Å². The molecule has 31 heavy (non-hydrogen) atoms. The highest BCUT2D eigenvalue weighted by atomic mass is 19.4. The van der Waals surface area contributed by atoms with E-state index in [4.69, 9.17) is 0 Å². The Morgan fingerprint density at radius 3 is 2.87 bits per heavy atom. The van der Waals surface area contributed by atoms with Crippen LogP contribution in [0.25, 0.3) is 16.7 Å². The predicted molar refractivity (Wildman–Crippen MR) is 106 cm³/mol. The number of aromatic nitrogens is 5. The van der Waals surface area contributed by atoms with Crippen LogP contribution in [0, 0.1) is 12.7 Å². The maximum Gasteiger partial charge on any atom is 0.433 e. The smallest absolute Gasteiger partial charge is 0.357 e. The molecule has 10 heteroatoms. The number of halogens is 4. The number of aromatic amines is 1. The lowest BCUT2D eigenvalue weighted by Gasteiger charge is -2.32. The number of fused-ring (bicyclic) bond motifs is 2. The number of benzene rings is 1. The molecule has 0 radical (unpaired) electrons. The summed E-state index contributed by atoms with van der Waals surface area (Å²) in [6.07, 6.45) is -1.87. The average Bonchev–Trinajstić information content (AvgIpc) is 3.32. The van der Waals surface area contributed by atoms with Crippen LogP contribution in [0.2, 0.25) is 0 Å². The number of nitrogens with zero attached hydrogens (tertiary/aromatic N) is 5. The second-order valence-corrected chi connectivity index (χ2v) is 8.03. The minimum absolute atomic E-state index is 0.0459. The average molecular weight is 432 g/mol. The highest BCUT2D eigenvalue weighted by Gasteiger charge is 2.36. The number of hydrogen-bond donors (Lipinski definition) is 1. The van der Waals surface area contributed by atoms with E-state index >= 15 is 0 Å². The second-order valence-electron chi connectivity index (χ2n) is 8.03. The first-order valence-electron chi connectivity index (χ1n) is 10.1. The Morgan fingerprint density at radius 1 is 1.23 bits per heavy atom. The van der Waals surface area contributed by atoms with Crippen molar-refractivity contribution in [2.24, 2.45) is 0 Å². The molecule has 1 unspecified atom stereocenters. The standard InChI is InChI=1S/C21H20F4N6/c1-12-15-7-14(22)4-5-16(15)28-18(12)10-30-6-2-3-13(9-30)17-8-19(21(23,24)25)31-20(29-17)26-11-27-31/h4-5,7-8,11,13,28H,2-3,6,9-10H2,1H3. The van der Waals surface area contributed by atoms with Crippen molar-refractivity contribution in [3.8, 4) is 0 Å². The zero-order valence-corrected chi connectivity index (χ0v) is 16.7. The van der Waals surface area contributed by atoms with E-state index in [-0.39, 0.29) is 17.5 Å². The van der Waals surface area contributed by atoms with Gasteiger partial charge in [-0.3, -0.25) is 4.90 Å². The predicted octanol–water partition coefficient (Wildman–Crippen LogP) is 4.45. The van der Waals surface area contributed by atoms with E-state index in [0.29, 0.717) is 18.8 Å². The van der Waals surface area contributed by atoms with Crippen LogP contribution in [0.3, 0.4) is 0 Å². The Hall–Kier alpha value is -3.01. The van der Waals surface area contributed by atoms with Crippen molar-refractivity contribution >= 4 is 16.7 Å². The van der Waals surface area contributed by atoms with Gasteiger partial charge in [-0.1, -0.05) is 0 Å². The number of hydrogen-bond acceptors (Lipinski definition) is 4. The summed E-state index contributed by atoms with van der Waals surface area (Å²) >= 11 is 0. The Bertz CT molecular complexity index is 1260. The maximum atomic E-state index is 13.6. The van der Waals surface area contributed by atoms with Gasteiger partial charge in [0.1, 0.15) is 12.1 Å². The fourth-order valence-electron chi connectivity index (χ4n) is 4.42. The van der Waals surface area contributed by atoms with Crippen molar-refractivity contribution in [3.05, 3.63) is 59.1 Å². The third-order valence-electron chi connectivity index (χ3n) is 5.99. The second kappa shape index (κ2) is 7.30. The van der Waals surface area contributed by atoms with Crippen LogP contribution in [-0.4, -0.2) is 42.6 Å². The summed E-state index contributed by atoms with van der Waals surface area (Å²) in [5.41, 5.74) is 2.36. The van der Waals surface area contributed by atoms with Gasteiger partial charge in [0.15, 0.2) is 5.69 Å². The fourth-order valence-corrected chi connectivity index (χ4v) is 4.42. The Balaban J connectivity index is 1.42. The molecule has 1 aliphatic heterocycles. The highest BCUT2D eigenvalue weighted by molar-refractivity contribution is 5.84. The van der Waals surface area contributed by atoms with E-state index in [9.17, 15) is 17.6 Å². The molecule has 0 aliphatic carbocycles. The van der Waals surface area contributed by atoms with Gasteiger partial charge in [-0.2, -0.15) is 27.8 Å². The molecule has 6 nitrogen and oxygen atoms in total. The summed E-state index contributed by atoms with van der Waals surface area (Å²) in [7, 11) is 0. The molecule has 0 amide bonds. The van der Waals surface area contributed by atoms with Gasteiger partial charge >= 0.3 is 6.18 Å². The van der Waals surface area contributed by atoms with Gasteiger partial charge in [-0.05, 0) is 56.1 Å². The molecule has 1 N–H and O–H groups in total. The number of rotatable bonds is 3. The maximum absolute atomic E-state index is 13.6. The molecule has 0 saturated carbocycles. The van der Waals surface area contributed by atoms with E-state index in [1.54, 1.807) is 6.07 Å². The van der Waals surface area contributed by atoms with Gasteiger partial charge in [-0.25, -0.2) is 9.37 Å². The van der Waals surface area contributed by atoms with Crippen molar-refractivity contribution < 1.29 is 17.6 Å². The van der Waals surface area contributed by atoms with Crippen LogP contribution in [0.15, 0.2) is 30.6 Å². The molecule has 3 aromatic heterocycles. The molecule has 0 spiro atoms. The molecule has 1 aromatic carbocycles. The van der Waals surface area contributed by atoms with Crippen molar-refractivity contribution in [1.82, 2.24) is 29.5 Å². The first-order chi connectivity index (χ1) is 14.8. The van der Waals surface area contributed by atoms with Gasteiger partial charge in [0, 0.05) is 35.6 Å². The molecule has 5 rings (SSSR count). The summed E-state index contributed by atoms with van der Waals surface area (Å²) in [6, 6.07) is 5.74. The number of nitrogens with one attached hydrogen (secondary N) is 1. The van der Waals surface area contributed by atoms with Crippen LogP contribution in [0.5, 0.6) is 0 Å². The summed E-state index contributed by atoms with van der Waals surface area (Å²) in [6.45, 7) is 3.97. The van der Waals surface area contributed by atoms with Crippen LogP contribution in [0.1, 0.15) is 41.4 Å². The number of piperidine rings is 1. The molecule has 1 atom stereocenters. The molecular formula is C21H20F4N6. The Kier molecular flexibility index (Phi) is 4.69. The first kappa shape index (κ1) is 19.9. The molecule has 4 heterocycles. The van der Waals surface area contributed by atoms with Gasteiger partial charge in [0.2, 0.25) is 0 Å². The Morgan fingerprint density at radius 2 is 2.06 bits per heavy atom. The molecule has 4 aromatic rings. The Labute approximate surface area is 174 Å². The van der Waals surface area contributed by atoms with E-state index in [1.807, 2.05) is 6.92 Å². The zero-order valence-electron chi connectivity index (χ0n) is 16.7. The van der Waals surface area contributed by atoms with Crippen LogP contribution >= 0.6 is 0 Å². The first-order valence-corrected chi connectivity index (χ1v) is 10.1. The number of H-pyrrole nitrogens is 1. The minimum atomic E-state index is -4.55. The van der Waals surface area contributed by atoms with Gasteiger partial charge < -0.3 is 4.98 Å². The molecular weight excluding hydrogens is 412 g/mol. The largest absolute Gasteiger partial charge is 0.433 e. The fraction of sp³-hybridized carbons (Fsp3) is 0.381.